The van der Waals surface area contributed by atoms with Crippen molar-refractivity contribution >= 4 is 22.9 Å². The largest absolute Gasteiger partial charge is 0.244 e. The summed E-state index contributed by atoms with van der Waals surface area (Å²) in [5.74, 6) is 0. The summed E-state index contributed by atoms with van der Waals surface area (Å²) in [4.78, 5) is 5.53. The van der Waals surface area contributed by atoms with E-state index < -0.39 is 0 Å². The van der Waals surface area contributed by atoms with Crippen molar-refractivity contribution in [3.05, 3.63) is 39.7 Å². The molecule has 1 heterocycles. The average Bonchev–Trinajstić information content (AvgIpc) is 2.53. The molecule has 0 bridgehead atoms. The van der Waals surface area contributed by atoms with Gasteiger partial charge in [-0.3, -0.25) is 0 Å². The highest BCUT2D eigenvalue weighted by Gasteiger charge is 2.03. The maximum Gasteiger partial charge on any atom is 0.0840 e. The van der Waals surface area contributed by atoms with E-state index in [9.17, 15) is 0 Å². The van der Waals surface area contributed by atoms with Crippen LogP contribution in [-0.4, -0.2) is 4.98 Å². The molecule has 1 nitrogen and oxygen atoms in total. The molecule has 0 radical (unpaired) electrons. The molecule has 3 heteroatoms. The van der Waals surface area contributed by atoms with Gasteiger partial charge in [0, 0.05) is 15.5 Å². The Morgan fingerprint density at radius 3 is 2.46 bits per heavy atom. The van der Waals surface area contributed by atoms with E-state index >= 15 is 0 Å². The van der Waals surface area contributed by atoms with Crippen LogP contribution >= 0.6 is 22.9 Å². The molecule has 0 aliphatic heterocycles. The first-order valence-corrected chi connectivity index (χ1v) is 5.19. The molecule has 66 valence electrons. The fourth-order valence-corrected chi connectivity index (χ4v) is 1.91. The quantitative estimate of drug-likeness (QED) is 0.697. The minimum Gasteiger partial charge on any atom is -0.244 e. The molecule has 0 unspecified atom stereocenters. The topological polar surface area (TPSA) is 12.9 Å². The van der Waals surface area contributed by atoms with Crippen LogP contribution in [0.15, 0.2) is 29.8 Å². The predicted molar refractivity (Wildman–Crippen MR) is 57.3 cm³/mol. The lowest BCUT2D eigenvalue weighted by Crippen LogP contribution is -1.78. The van der Waals surface area contributed by atoms with Crippen molar-refractivity contribution in [3.8, 4) is 11.3 Å². The van der Waals surface area contributed by atoms with Gasteiger partial charge in [0.1, 0.15) is 0 Å². The van der Waals surface area contributed by atoms with Gasteiger partial charge in [0.2, 0.25) is 0 Å². The first kappa shape index (κ1) is 8.73. The molecule has 0 aliphatic carbocycles. The summed E-state index contributed by atoms with van der Waals surface area (Å²) in [6.07, 6.45) is 0. The first-order valence-electron chi connectivity index (χ1n) is 3.93. The molecule has 0 saturated carbocycles. The maximum atomic E-state index is 5.80. The Labute approximate surface area is 86.0 Å². The summed E-state index contributed by atoms with van der Waals surface area (Å²) in [5, 5.41) is 0.761. The van der Waals surface area contributed by atoms with Gasteiger partial charge < -0.3 is 0 Å². The number of halogens is 1. The van der Waals surface area contributed by atoms with Gasteiger partial charge in [-0.05, 0) is 19.1 Å². The van der Waals surface area contributed by atoms with Gasteiger partial charge in [-0.15, -0.1) is 11.3 Å². The molecule has 0 fully saturated rings. The van der Waals surface area contributed by atoms with E-state index in [0.717, 1.165) is 16.3 Å². The van der Waals surface area contributed by atoms with Crippen molar-refractivity contribution in [1.82, 2.24) is 4.98 Å². The number of benzene rings is 1. The Morgan fingerprint density at radius 1 is 1.23 bits per heavy atom. The zero-order chi connectivity index (χ0) is 9.26. The Bertz CT molecular complexity index is 405. The monoisotopic (exact) mass is 209 g/mol. The zero-order valence-corrected chi connectivity index (χ0v) is 8.69. The molecule has 0 atom stereocenters. The molecular formula is C10H8ClNS. The Balaban J connectivity index is 2.47. The number of hydrogen-bond donors (Lipinski definition) is 0. The number of aromatic nitrogens is 1. The molecule has 0 aliphatic rings. The summed E-state index contributed by atoms with van der Waals surface area (Å²) in [5.41, 5.74) is 4.05. The summed E-state index contributed by atoms with van der Waals surface area (Å²) in [6, 6.07) is 7.75. The molecule has 0 saturated heterocycles. The first-order chi connectivity index (χ1) is 6.27. The summed E-state index contributed by atoms with van der Waals surface area (Å²) in [6.45, 7) is 2.07. The van der Waals surface area contributed by atoms with Crippen molar-refractivity contribution in [2.45, 2.75) is 6.92 Å². The number of aryl methyl sites for hydroxylation is 1. The van der Waals surface area contributed by atoms with Crippen LogP contribution in [0.4, 0.5) is 0 Å². The van der Waals surface area contributed by atoms with Crippen LogP contribution in [0.1, 0.15) is 4.88 Å². The van der Waals surface area contributed by atoms with Gasteiger partial charge in [0.25, 0.3) is 0 Å². The zero-order valence-electron chi connectivity index (χ0n) is 7.12. The predicted octanol–water partition coefficient (Wildman–Crippen LogP) is 3.77. The minimum absolute atomic E-state index is 0.761. The maximum absolute atomic E-state index is 5.80. The van der Waals surface area contributed by atoms with E-state index in [4.69, 9.17) is 11.6 Å². The molecule has 0 spiro atoms. The molecule has 13 heavy (non-hydrogen) atoms. The van der Waals surface area contributed by atoms with Crippen LogP contribution in [0.25, 0.3) is 11.3 Å². The summed E-state index contributed by atoms with van der Waals surface area (Å²) in [7, 11) is 0. The fraction of sp³-hybridized carbons (Fsp3) is 0.100. The highest BCUT2D eigenvalue weighted by molar-refractivity contribution is 7.10. The van der Waals surface area contributed by atoms with E-state index in [0.29, 0.717) is 0 Å². The van der Waals surface area contributed by atoms with Crippen molar-refractivity contribution < 1.29 is 0 Å². The lowest BCUT2D eigenvalue weighted by Gasteiger charge is -1.97. The molecular weight excluding hydrogens is 202 g/mol. The van der Waals surface area contributed by atoms with Gasteiger partial charge in [-0.2, -0.15) is 0 Å². The number of hydrogen-bond acceptors (Lipinski definition) is 2. The van der Waals surface area contributed by atoms with Crippen molar-refractivity contribution in [2.75, 3.05) is 0 Å². The summed E-state index contributed by atoms with van der Waals surface area (Å²) >= 11 is 7.45. The smallest absolute Gasteiger partial charge is 0.0840 e. The third kappa shape index (κ3) is 1.74. The van der Waals surface area contributed by atoms with Gasteiger partial charge in [-0.25, -0.2) is 4.98 Å². The second-order valence-electron chi connectivity index (χ2n) is 2.76. The number of thiazole rings is 1. The van der Waals surface area contributed by atoms with E-state index in [1.54, 1.807) is 11.3 Å². The number of nitrogens with zero attached hydrogens (tertiary/aromatic N) is 1. The highest BCUT2D eigenvalue weighted by atomic mass is 35.5. The molecule has 0 amide bonds. The second kappa shape index (κ2) is 3.48. The fourth-order valence-electron chi connectivity index (χ4n) is 1.19. The van der Waals surface area contributed by atoms with Gasteiger partial charge in [0.05, 0.1) is 11.2 Å². The van der Waals surface area contributed by atoms with E-state index in [2.05, 4.69) is 11.9 Å². The highest BCUT2D eigenvalue weighted by Crippen LogP contribution is 2.25. The van der Waals surface area contributed by atoms with Crippen LogP contribution in [0, 0.1) is 6.92 Å². The van der Waals surface area contributed by atoms with Gasteiger partial charge in [-0.1, -0.05) is 23.7 Å². The van der Waals surface area contributed by atoms with Crippen molar-refractivity contribution in [2.24, 2.45) is 0 Å². The third-order valence-electron chi connectivity index (χ3n) is 1.86. The third-order valence-corrected chi connectivity index (χ3v) is 2.87. The van der Waals surface area contributed by atoms with Gasteiger partial charge >= 0.3 is 0 Å². The van der Waals surface area contributed by atoms with E-state index in [1.807, 2.05) is 29.8 Å². The summed E-state index contributed by atoms with van der Waals surface area (Å²) < 4.78 is 0. The average molecular weight is 210 g/mol. The van der Waals surface area contributed by atoms with Crippen LogP contribution in [0.5, 0.6) is 0 Å². The Kier molecular flexibility index (Phi) is 2.34. The Hall–Kier alpha value is -0.860. The van der Waals surface area contributed by atoms with Crippen LogP contribution in [0.2, 0.25) is 5.02 Å². The van der Waals surface area contributed by atoms with Crippen LogP contribution < -0.4 is 0 Å². The van der Waals surface area contributed by atoms with Crippen LogP contribution in [0.3, 0.4) is 0 Å². The molecule has 0 N–H and O–H groups in total. The number of rotatable bonds is 1. The van der Waals surface area contributed by atoms with Gasteiger partial charge in [0.15, 0.2) is 0 Å². The second-order valence-corrected chi connectivity index (χ2v) is 4.26. The normalized spacial score (nSPS) is 10.3. The van der Waals surface area contributed by atoms with Crippen molar-refractivity contribution in [3.63, 3.8) is 0 Å². The molecule has 1 aromatic carbocycles. The minimum atomic E-state index is 0.761. The molecule has 2 aromatic rings. The standard InChI is InChI=1S/C10H8ClNS/c1-7-10(12-6-13-7)8-2-4-9(11)5-3-8/h2-6H,1H3. The lowest BCUT2D eigenvalue weighted by molar-refractivity contribution is 1.38. The molecule has 1 aromatic heterocycles. The molecule has 2 rings (SSSR count). The van der Waals surface area contributed by atoms with Crippen LogP contribution in [-0.2, 0) is 0 Å². The van der Waals surface area contributed by atoms with Crippen molar-refractivity contribution in [1.29, 1.82) is 0 Å². The SMILES string of the molecule is Cc1scnc1-c1ccc(Cl)cc1. The van der Waals surface area contributed by atoms with E-state index in [-0.39, 0.29) is 0 Å². The Morgan fingerprint density at radius 2 is 1.92 bits per heavy atom. The lowest BCUT2D eigenvalue weighted by atomic mass is 10.1. The van der Waals surface area contributed by atoms with E-state index in [1.165, 1.54) is 4.88 Å².